The summed E-state index contributed by atoms with van der Waals surface area (Å²) in [4.78, 5) is 10.5. The molecule has 0 fully saturated rings. The molecule has 0 spiro atoms. The van der Waals surface area contributed by atoms with E-state index in [2.05, 4.69) is 81.5 Å². The summed E-state index contributed by atoms with van der Waals surface area (Å²) < 4.78 is 0.322. The summed E-state index contributed by atoms with van der Waals surface area (Å²) >= 11 is 3.27. The third kappa shape index (κ3) is 7.07. The Hall–Kier alpha value is -4.28. The number of nitrogens with two attached hydrogens (primary N) is 1. The Balaban J connectivity index is 0.000000184. The van der Waals surface area contributed by atoms with Crippen molar-refractivity contribution in [3.05, 3.63) is 155 Å². The van der Waals surface area contributed by atoms with Gasteiger partial charge in [-0.05, 0) is 55.4 Å². The van der Waals surface area contributed by atoms with E-state index in [1.165, 1.54) is 4.88 Å². The molecule has 10 nitrogen and oxygen atoms in total. The number of hydrogen-bond acceptors (Lipinski definition) is 10. The molecule has 250 valence electrons. The van der Waals surface area contributed by atoms with Crippen molar-refractivity contribution < 1.29 is 39.4 Å². The number of hydrazone groups is 2. The van der Waals surface area contributed by atoms with E-state index in [9.17, 15) is 0 Å². The first-order chi connectivity index (χ1) is 23.1. The van der Waals surface area contributed by atoms with Gasteiger partial charge in [0, 0.05) is 28.6 Å². The fraction of sp³-hybridized carbons (Fsp3) is 0.0857. The lowest BCUT2D eigenvalue weighted by molar-refractivity contribution is -0.545. The van der Waals surface area contributed by atoms with Gasteiger partial charge >= 0.3 is 5.13 Å². The van der Waals surface area contributed by atoms with E-state index in [4.69, 9.17) is 5.10 Å². The van der Waals surface area contributed by atoms with Gasteiger partial charge in [-0.15, -0.1) is 10.2 Å². The predicted molar refractivity (Wildman–Crippen MR) is 192 cm³/mol. The van der Waals surface area contributed by atoms with Crippen molar-refractivity contribution in [2.45, 2.75) is 13.8 Å². The Labute approximate surface area is 314 Å². The molecule has 1 unspecified atom stereocenters. The molecule has 8 rings (SSSR count). The van der Waals surface area contributed by atoms with Crippen LogP contribution in [0.15, 0.2) is 143 Å². The third-order valence-electron chi connectivity index (χ3n) is 7.84. The Morgan fingerprint density at radius 2 is 1.35 bits per heavy atom. The molecule has 0 radical (unpaired) electrons. The highest BCUT2D eigenvalue weighted by Crippen LogP contribution is 2.41. The number of rotatable bonds is 6. The number of hydrogen-bond donors (Lipinski definition) is 2. The highest BCUT2D eigenvalue weighted by atomic mass is 79.9. The van der Waals surface area contributed by atoms with Crippen molar-refractivity contribution in [2.24, 2.45) is 10.2 Å². The summed E-state index contributed by atoms with van der Waals surface area (Å²) in [6.07, 6.45) is 1.83. The first kappa shape index (κ1) is 36.0. The van der Waals surface area contributed by atoms with Crippen molar-refractivity contribution in [2.75, 3.05) is 17.3 Å². The molecule has 2 aliphatic heterocycles. The first-order valence-corrected chi connectivity index (χ1v) is 16.8. The summed E-state index contributed by atoms with van der Waals surface area (Å²) in [7, 11) is 1.98. The van der Waals surface area contributed by atoms with Crippen molar-refractivity contribution in [1.29, 1.82) is 0 Å². The molecule has 4 aromatic carbocycles. The number of benzene rings is 4. The molecule has 2 aliphatic rings. The second kappa shape index (κ2) is 16.0. The summed E-state index contributed by atoms with van der Waals surface area (Å²) in [6, 6.07) is 40.9. The normalized spacial score (nSPS) is 16.8. The van der Waals surface area contributed by atoms with Crippen LogP contribution in [-0.4, -0.2) is 33.8 Å². The number of anilines is 2. The monoisotopic (exact) mass is 816 g/mol. The maximum Gasteiger partial charge on any atom is 0.319 e. The van der Waals surface area contributed by atoms with Crippen LogP contribution < -0.4 is 59.8 Å². The number of quaternary nitrogens is 2. The molecule has 4 heterocycles. The zero-order valence-corrected chi connectivity index (χ0v) is 31.7. The molecule has 14 heteroatoms. The number of thiazole rings is 2. The summed E-state index contributed by atoms with van der Waals surface area (Å²) in [5.41, 5.74) is 10.5. The number of para-hydroxylation sites is 2. The summed E-state index contributed by atoms with van der Waals surface area (Å²) in [5, 5.41) is 19.1. The molecule has 0 bridgehead atoms. The molecule has 0 saturated heterocycles. The Morgan fingerprint density at radius 3 is 1.92 bits per heavy atom. The van der Waals surface area contributed by atoms with Crippen LogP contribution in [0, 0.1) is 13.8 Å². The number of halogens is 2. The van der Waals surface area contributed by atoms with E-state index >= 15 is 0 Å². The molecule has 0 amide bonds. The zero-order chi connectivity index (χ0) is 32.2. The fourth-order valence-electron chi connectivity index (χ4n) is 5.41. The van der Waals surface area contributed by atoms with Gasteiger partial charge in [-0.25, -0.2) is 4.98 Å². The van der Waals surface area contributed by atoms with Crippen LogP contribution in [0.1, 0.15) is 21.7 Å². The number of nitrogens with one attached hydrogen (secondary N) is 1. The SMILES string of the molecule is CN1NN=C(c2ccccc2)[N+]1(c1ccccc1)c1nccs1.Cc1nc(N2N=C(c3ccccc3)[NH2+]N2c2ccccc2)sc1C.[Br-].[Br-]. The molecular weight excluding hydrogens is 784 g/mol. The number of amidine groups is 2. The average molecular weight is 819 g/mol. The van der Waals surface area contributed by atoms with Crippen LogP contribution in [0.2, 0.25) is 0 Å². The van der Waals surface area contributed by atoms with Gasteiger partial charge in [-0.2, -0.15) is 15.9 Å². The van der Waals surface area contributed by atoms with Crippen LogP contribution in [0.3, 0.4) is 0 Å². The van der Waals surface area contributed by atoms with E-state index in [-0.39, 0.29) is 34.0 Å². The van der Waals surface area contributed by atoms with Gasteiger partial charge in [0.2, 0.25) is 5.13 Å². The van der Waals surface area contributed by atoms with Gasteiger partial charge in [0.1, 0.15) is 5.69 Å². The van der Waals surface area contributed by atoms with E-state index in [1.807, 2.05) is 114 Å². The lowest BCUT2D eigenvalue weighted by atomic mass is 10.1. The van der Waals surface area contributed by atoms with Crippen LogP contribution in [0.4, 0.5) is 21.6 Å². The Morgan fingerprint density at radius 1 is 0.755 bits per heavy atom. The maximum absolute atomic E-state index is 4.81. The molecule has 1 atom stereocenters. The number of aryl methyl sites for hydroxylation is 2. The maximum atomic E-state index is 4.81. The minimum absolute atomic E-state index is 0. The Bertz CT molecular complexity index is 1970. The van der Waals surface area contributed by atoms with Crippen molar-refractivity contribution >= 4 is 56.0 Å². The molecule has 0 aliphatic carbocycles. The lowest BCUT2D eigenvalue weighted by Crippen LogP contribution is -3.00. The van der Waals surface area contributed by atoms with E-state index in [0.29, 0.717) is 4.59 Å². The molecule has 49 heavy (non-hydrogen) atoms. The second-order valence-corrected chi connectivity index (χ2v) is 12.9. The number of nitrogens with zero attached hydrogens (tertiary/aromatic N) is 8. The average Bonchev–Trinajstić information content (AvgIpc) is 3.94. The van der Waals surface area contributed by atoms with Crippen molar-refractivity contribution in [1.82, 2.24) is 25.2 Å². The second-order valence-electron chi connectivity index (χ2n) is 10.8. The summed E-state index contributed by atoms with van der Waals surface area (Å²) in [6.45, 7) is 4.12. The molecule has 2 aromatic heterocycles. The number of hydrazine groups is 2. The minimum Gasteiger partial charge on any atom is -1.00 e. The third-order valence-corrected chi connectivity index (χ3v) is 9.72. The van der Waals surface area contributed by atoms with Crippen molar-refractivity contribution in [3.63, 3.8) is 0 Å². The van der Waals surface area contributed by atoms with Crippen molar-refractivity contribution in [3.8, 4) is 0 Å². The van der Waals surface area contributed by atoms with Gasteiger partial charge in [0.05, 0.1) is 23.9 Å². The summed E-state index contributed by atoms with van der Waals surface area (Å²) in [5.74, 6) is 1.82. The van der Waals surface area contributed by atoms with Crippen LogP contribution in [0.5, 0.6) is 0 Å². The van der Waals surface area contributed by atoms with E-state index in [1.54, 1.807) is 22.7 Å². The standard InChI is InChI=1S/C18H17N5S.C17H16N5S.2BrH/c1-13-14(2)24-18(19-13)23-21-17(15-9-5-3-6-10-15)20-22(23)16-11-7-4-8-12-16;1-21-20-19-16(14-8-4-2-5-9-14)22(21,17-18-12-13-23-17)15-10-6-3-7-11-15;;/h3-12H,1-2H3,(H,20,21);2-13,20H,1H3;2*1H/q;+1;;/p-1. The minimum atomic E-state index is 0. The van der Waals surface area contributed by atoms with Gasteiger partial charge in [-0.1, -0.05) is 110 Å². The molecule has 3 N–H and O–H groups in total. The van der Waals surface area contributed by atoms with Crippen LogP contribution in [0.25, 0.3) is 0 Å². The quantitative estimate of drug-likeness (QED) is 0.187. The smallest absolute Gasteiger partial charge is 0.319 e. The van der Waals surface area contributed by atoms with Crippen LogP contribution in [-0.2, 0) is 0 Å². The number of aromatic nitrogens is 2. The van der Waals surface area contributed by atoms with E-state index in [0.717, 1.165) is 50.1 Å². The van der Waals surface area contributed by atoms with Crippen LogP contribution >= 0.6 is 22.7 Å². The largest absolute Gasteiger partial charge is 1.00 e. The zero-order valence-electron chi connectivity index (χ0n) is 26.9. The van der Waals surface area contributed by atoms with Gasteiger partial charge in [-0.3, -0.25) is 0 Å². The lowest BCUT2D eigenvalue weighted by Gasteiger charge is -2.33. The van der Waals surface area contributed by atoms with Gasteiger partial charge in [0.15, 0.2) is 5.69 Å². The fourth-order valence-corrected chi connectivity index (χ4v) is 7.11. The molecular formula is C35H34Br2N10S2. The van der Waals surface area contributed by atoms with E-state index < -0.39 is 0 Å². The topological polar surface area (TPSA) is 88.9 Å². The highest BCUT2D eigenvalue weighted by molar-refractivity contribution is 7.15. The Kier molecular flexibility index (Phi) is 11.7. The predicted octanol–water partition coefficient (Wildman–Crippen LogP) is 0.359. The van der Waals surface area contributed by atoms with Gasteiger partial charge < -0.3 is 34.0 Å². The van der Waals surface area contributed by atoms with Gasteiger partial charge in [0.25, 0.3) is 11.7 Å². The molecule has 0 saturated carbocycles. The highest BCUT2D eigenvalue weighted by Gasteiger charge is 2.52. The molecule has 6 aromatic rings. The first-order valence-electron chi connectivity index (χ1n) is 15.1.